The van der Waals surface area contributed by atoms with E-state index in [9.17, 15) is 14.4 Å². The molecule has 0 radical (unpaired) electrons. The number of hydrogen-bond donors (Lipinski definition) is 2. The van der Waals surface area contributed by atoms with E-state index in [1.54, 1.807) is 25.7 Å². The highest BCUT2D eigenvalue weighted by Gasteiger charge is 2.39. The molecule has 3 unspecified atom stereocenters. The van der Waals surface area contributed by atoms with Crippen LogP contribution in [0.4, 0.5) is 4.79 Å². The Morgan fingerprint density at radius 1 is 0.949 bits per heavy atom. The minimum Gasteiger partial charge on any atom is -0.444 e. The Morgan fingerprint density at radius 3 is 2.18 bits per heavy atom. The molecule has 0 heterocycles. The molecule has 3 amide bonds. The molecule has 0 aliphatic heterocycles. The lowest BCUT2D eigenvalue weighted by molar-refractivity contribution is -0.145. The summed E-state index contributed by atoms with van der Waals surface area (Å²) in [6, 6.07) is 15.2. The minimum absolute atomic E-state index is 0.218. The molecular weight excluding hydrogens is 490 g/mol. The fourth-order valence-corrected chi connectivity index (χ4v) is 4.47. The maximum Gasteiger partial charge on any atom is 0.408 e. The highest BCUT2D eigenvalue weighted by Crippen LogP contribution is 2.29. The van der Waals surface area contributed by atoms with Crippen LogP contribution >= 0.6 is 0 Å². The SMILES string of the molecule is CCCCCNC(=O)C(c1ccccc1C)N(C(=O)C(Cc1ccccc1)NC(=O)OC(C)(C)C)C(C)CC. The Balaban J connectivity index is 2.53. The number of rotatable bonds is 13. The average Bonchev–Trinajstić information content (AvgIpc) is 2.88. The van der Waals surface area contributed by atoms with Gasteiger partial charge in [-0.05, 0) is 64.2 Å². The molecule has 7 heteroatoms. The summed E-state index contributed by atoms with van der Waals surface area (Å²) in [5.41, 5.74) is 1.87. The van der Waals surface area contributed by atoms with Crippen molar-refractivity contribution in [2.24, 2.45) is 0 Å². The first-order chi connectivity index (χ1) is 18.5. The van der Waals surface area contributed by atoms with Crippen LogP contribution < -0.4 is 10.6 Å². The molecule has 3 atom stereocenters. The molecule has 0 saturated heterocycles. The molecule has 0 spiro atoms. The summed E-state index contributed by atoms with van der Waals surface area (Å²) >= 11 is 0. The fraction of sp³-hybridized carbons (Fsp3) is 0.531. The van der Waals surface area contributed by atoms with Gasteiger partial charge in [0.15, 0.2) is 0 Å². The normalized spacial score (nSPS) is 13.6. The Labute approximate surface area is 234 Å². The fourth-order valence-electron chi connectivity index (χ4n) is 4.47. The van der Waals surface area contributed by atoms with Crippen molar-refractivity contribution < 1.29 is 19.1 Å². The molecule has 2 aromatic carbocycles. The van der Waals surface area contributed by atoms with E-state index in [1.807, 2.05) is 75.4 Å². The third-order valence-corrected chi connectivity index (χ3v) is 6.68. The molecule has 39 heavy (non-hydrogen) atoms. The summed E-state index contributed by atoms with van der Waals surface area (Å²) in [6.45, 7) is 13.9. The minimum atomic E-state index is -0.921. The van der Waals surface area contributed by atoms with Gasteiger partial charge in [0, 0.05) is 19.0 Å². The van der Waals surface area contributed by atoms with Crippen molar-refractivity contribution in [2.45, 2.75) is 104 Å². The van der Waals surface area contributed by atoms with Gasteiger partial charge in [0.2, 0.25) is 11.8 Å². The van der Waals surface area contributed by atoms with Crippen molar-refractivity contribution in [3.63, 3.8) is 0 Å². The highest BCUT2D eigenvalue weighted by atomic mass is 16.6. The molecular formula is C32H47N3O4. The number of nitrogens with zero attached hydrogens (tertiary/aromatic N) is 1. The first-order valence-corrected chi connectivity index (χ1v) is 14.2. The molecule has 0 aliphatic carbocycles. The summed E-state index contributed by atoms with van der Waals surface area (Å²) in [5.74, 6) is -0.541. The number of unbranched alkanes of at least 4 members (excludes halogenated alkanes) is 2. The van der Waals surface area contributed by atoms with Crippen molar-refractivity contribution in [1.82, 2.24) is 15.5 Å². The third-order valence-electron chi connectivity index (χ3n) is 6.68. The standard InChI is InChI=1S/C32H47N3O4/c1-8-10-16-21-33-29(36)28(26-20-15-14-17-23(26)3)35(24(4)9-2)30(37)27(22-25-18-12-11-13-19-25)34-31(38)39-32(5,6)7/h11-15,17-20,24,27-28H,8-10,16,21-22H2,1-7H3,(H,33,36)(H,34,38). The van der Waals surface area contributed by atoms with Crippen molar-refractivity contribution in [3.8, 4) is 0 Å². The molecule has 0 fully saturated rings. The number of nitrogens with one attached hydrogen (secondary N) is 2. The third kappa shape index (κ3) is 10.0. The lowest BCUT2D eigenvalue weighted by atomic mass is 9.95. The molecule has 214 valence electrons. The highest BCUT2D eigenvalue weighted by molar-refractivity contribution is 5.92. The van der Waals surface area contributed by atoms with Gasteiger partial charge in [0.05, 0.1) is 0 Å². The predicted octanol–water partition coefficient (Wildman–Crippen LogP) is 6.11. The molecule has 2 rings (SSSR count). The number of ether oxygens (including phenoxy) is 1. The summed E-state index contributed by atoms with van der Waals surface area (Å²) < 4.78 is 5.51. The number of benzene rings is 2. The second kappa shape index (κ2) is 15.3. The van der Waals surface area contributed by atoms with E-state index >= 15 is 0 Å². The van der Waals surface area contributed by atoms with Crippen LogP contribution in [0, 0.1) is 6.92 Å². The summed E-state index contributed by atoms with van der Waals surface area (Å²) in [4.78, 5) is 42.8. The van der Waals surface area contributed by atoms with Crippen molar-refractivity contribution in [2.75, 3.05) is 6.54 Å². The van der Waals surface area contributed by atoms with Gasteiger partial charge < -0.3 is 20.3 Å². The Bertz CT molecular complexity index is 1060. The van der Waals surface area contributed by atoms with Gasteiger partial charge in [-0.15, -0.1) is 0 Å². The summed E-state index contributed by atoms with van der Waals surface area (Å²) in [6.07, 6.45) is 3.18. The van der Waals surface area contributed by atoms with Gasteiger partial charge in [-0.25, -0.2) is 4.79 Å². The zero-order valence-electron chi connectivity index (χ0n) is 24.8. The zero-order chi connectivity index (χ0) is 29.0. The summed E-state index contributed by atoms with van der Waals surface area (Å²) in [5, 5.41) is 5.89. The molecule has 0 saturated carbocycles. The molecule has 2 aromatic rings. The van der Waals surface area contributed by atoms with Gasteiger partial charge in [-0.3, -0.25) is 9.59 Å². The van der Waals surface area contributed by atoms with Crippen LogP contribution in [0.25, 0.3) is 0 Å². The maximum atomic E-state index is 14.4. The van der Waals surface area contributed by atoms with Gasteiger partial charge in [-0.1, -0.05) is 81.3 Å². The van der Waals surface area contributed by atoms with Gasteiger partial charge in [0.1, 0.15) is 17.7 Å². The van der Waals surface area contributed by atoms with Crippen molar-refractivity contribution in [3.05, 3.63) is 71.3 Å². The number of amides is 3. The quantitative estimate of drug-likeness (QED) is 0.302. The molecule has 7 nitrogen and oxygen atoms in total. The second-order valence-electron chi connectivity index (χ2n) is 11.1. The molecule has 0 aliphatic rings. The summed E-state index contributed by atoms with van der Waals surface area (Å²) in [7, 11) is 0. The van der Waals surface area contributed by atoms with Crippen LogP contribution in [0.1, 0.15) is 90.0 Å². The van der Waals surface area contributed by atoms with Crippen molar-refractivity contribution >= 4 is 17.9 Å². The maximum absolute atomic E-state index is 14.4. The van der Waals surface area contributed by atoms with Crippen LogP contribution in [-0.2, 0) is 20.7 Å². The lowest BCUT2D eigenvalue weighted by Crippen LogP contribution is -2.56. The largest absolute Gasteiger partial charge is 0.444 e. The predicted molar refractivity (Wildman–Crippen MR) is 156 cm³/mol. The molecule has 0 bridgehead atoms. The smallest absolute Gasteiger partial charge is 0.408 e. The topological polar surface area (TPSA) is 87.7 Å². The first kappa shape index (κ1) is 31.9. The number of carbonyl (C=O) groups is 3. The van der Waals surface area contributed by atoms with E-state index in [4.69, 9.17) is 4.74 Å². The Kier molecular flexibility index (Phi) is 12.5. The van der Waals surface area contributed by atoms with E-state index < -0.39 is 23.8 Å². The van der Waals surface area contributed by atoms with Crippen molar-refractivity contribution in [1.29, 1.82) is 0 Å². The van der Waals surface area contributed by atoms with E-state index in [0.29, 0.717) is 13.0 Å². The zero-order valence-corrected chi connectivity index (χ0v) is 24.8. The van der Waals surface area contributed by atoms with Crippen LogP contribution in [-0.4, -0.2) is 47.0 Å². The second-order valence-corrected chi connectivity index (χ2v) is 11.1. The molecule has 0 aromatic heterocycles. The van der Waals surface area contributed by atoms with E-state index in [0.717, 1.165) is 36.0 Å². The van der Waals surface area contributed by atoms with E-state index in [2.05, 4.69) is 17.6 Å². The average molecular weight is 538 g/mol. The Hall–Kier alpha value is -3.35. The lowest BCUT2D eigenvalue weighted by Gasteiger charge is -2.38. The first-order valence-electron chi connectivity index (χ1n) is 14.2. The van der Waals surface area contributed by atoms with Crippen LogP contribution in [0.2, 0.25) is 0 Å². The number of hydrogen-bond acceptors (Lipinski definition) is 4. The van der Waals surface area contributed by atoms with Crippen LogP contribution in [0.15, 0.2) is 54.6 Å². The van der Waals surface area contributed by atoms with Gasteiger partial charge >= 0.3 is 6.09 Å². The van der Waals surface area contributed by atoms with Crippen LogP contribution in [0.5, 0.6) is 0 Å². The number of alkyl carbamates (subject to hydrolysis) is 1. The van der Waals surface area contributed by atoms with E-state index in [1.165, 1.54) is 0 Å². The van der Waals surface area contributed by atoms with Crippen LogP contribution in [0.3, 0.4) is 0 Å². The monoisotopic (exact) mass is 537 g/mol. The molecule has 2 N–H and O–H groups in total. The number of aryl methyl sites for hydroxylation is 1. The van der Waals surface area contributed by atoms with Gasteiger partial charge in [-0.2, -0.15) is 0 Å². The van der Waals surface area contributed by atoms with Gasteiger partial charge in [0.25, 0.3) is 0 Å². The number of carbonyl (C=O) groups excluding carboxylic acids is 3. The Morgan fingerprint density at radius 2 is 1.59 bits per heavy atom. The van der Waals surface area contributed by atoms with E-state index in [-0.39, 0.29) is 24.3 Å².